The Balaban J connectivity index is 1.37. The highest BCUT2D eigenvalue weighted by molar-refractivity contribution is 5.92. The lowest BCUT2D eigenvalue weighted by Crippen LogP contribution is -2.27. The predicted octanol–water partition coefficient (Wildman–Crippen LogP) is 3.95. The first-order valence-corrected chi connectivity index (χ1v) is 10.2. The molecule has 0 spiro atoms. The molecule has 1 aromatic heterocycles. The molecular weight excluding hydrogens is 463 g/mol. The molecule has 4 aromatic rings. The van der Waals surface area contributed by atoms with Crippen LogP contribution in [0.3, 0.4) is 0 Å². The van der Waals surface area contributed by atoms with E-state index in [0.717, 1.165) is 5.69 Å². The molecule has 35 heavy (non-hydrogen) atoms. The zero-order valence-corrected chi connectivity index (χ0v) is 18.0. The third-order valence-corrected chi connectivity index (χ3v) is 4.57. The van der Waals surface area contributed by atoms with Crippen molar-refractivity contribution in [3.63, 3.8) is 0 Å². The van der Waals surface area contributed by atoms with E-state index in [4.69, 9.17) is 5.73 Å². The van der Waals surface area contributed by atoms with Crippen LogP contribution in [0.15, 0.2) is 90.2 Å². The summed E-state index contributed by atoms with van der Waals surface area (Å²) in [6.07, 6.45) is -4.59. The number of guanidine groups is 1. The van der Waals surface area contributed by atoms with Crippen molar-refractivity contribution >= 4 is 17.3 Å². The van der Waals surface area contributed by atoms with Crippen molar-refractivity contribution in [3.05, 3.63) is 85.2 Å². The van der Waals surface area contributed by atoms with E-state index >= 15 is 0 Å². The van der Waals surface area contributed by atoms with Crippen LogP contribution in [-0.4, -0.2) is 38.5 Å². The summed E-state index contributed by atoms with van der Waals surface area (Å²) in [4.78, 5) is 8.18. The second-order valence-corrected chi connectivity index (χ2v) is 7.16. The van der Waals surface area contributed by atoms with Crippen molar-refractivity contribution in [3.8, 4) is 22.8 Å². The molecule has 0 aliphatic heterocycles. The van der Waals surface area contributed by atoms with Crippen molar-refractivity contribution in [2.75, 3.05) is 10.6 Å². The van der Waals surface area contributed by atoms with Crippen LogP contribution in [0, 0.1) is 0 Å². The molecule has 0 amide bonds. The molecule has 0 aliphatic carbocycles. The van der Waals surface area contributed by atoms with Gasteiger partial charge in [0.05, 0.1) is 5.69 Å². The molecule has 4 rings (SSSR count). The Labute approximate surface area is 197 Å². The van der Waals surface area contributed by atoms with Crippen molar-refractivity contribution < 1.29 is 23.0 Å². The number of nitrogens with one attached hydrogen (secondary N) is 2. The Kier molecular flexibility index (Phi) is 6.83. The van der Waals surface area contributed by atoms with Crippen LogP contribution < -0.4 is 21.1 Å². The quantitative estimate of drug-likeness (QED) is 0.178. The smallest absolute Gasteiger partial charge is 0.406 e. The summed E-state index contributed by atoms with van der Waals surface area (Å²) >= 11 is 0. The molecule has 0 saturated heterocycles. The van der Waals surface area contributed by atoms with Crippen LogP contribution in [0.4, 0.5) is 24.5 Å². The number of nitrogens with two attached hydrogens (primary N) is 1. The van der Waals surface area contributed by atoms with Gasteiger partial charge < -0.3 is 26.2 Å². The maximum atomic E-state index is 12.3. The summed E-state index contributed by atoms with van der Waals surface area (Å²) in [5.74, 6) is 0.122. The maximum absolute atomic E-state index is 12.3. The van der Waals surface area contributed by atoms with Gasteiger partial charge in [-0.05, 0) is 60.7 Å². The minimum atomic E-state index is -4.75. The van der Waals surface area contributed by atoms with Crippen molar-refractivity contribution in [2.45, 2.75) is 12.7 Å². The van der Waals surface area contributed by atoms with Crippen LogP contribution in [0.25, 0.3) is 17.1 Å². The van der Waals surface area contributed by atoms with E-state index < -0.39 is 12.7 Å². The average molecular weight is 483 g/mol. The standard InChI is InChI=1S/C23H20F3N7O2/c24-23(25,26)35-19-12-10-18(11-13-19)33-14-28-20(32-33)15-6-8-17(9-7-15)30-22(34)31-21(27)29-16-4-2-1-3-5-16/h1-14,22,30,34H,(H3,27,29,31). The SMILES string of the molecule is NC(=NC(O)Nc1ccc(-c2ncn(-c3ccc(OC(F)(F)F)cc3)n2)cc1)Nc1ccccc1. The highest BCUT2D eigenvalue weighted by Crippen LogP contribution is 2.24. The number of rotatable bonds is 7. The number of ether oxygens (including phenoxy) is 1. The van der Waals surface area contributed by atoms with Gasteiger partial charge in [0.2, 0.25) is 6.35 Å². The highest BCUT2D eigenvalue weighted by Gasteiger charge is 2.31. The minimum Gasteiger partial charge on any atom is -0.406 e. The number of alkyl halides is 3. The van der Waals surface area contributed by atoms with Gasteiger partial charge in [-0.15, -0.1) is 18.3 Å². The summed E-state index contributed by atoms with van der Waals surface area (Å²) in [5, 5.41) is 20.2. The summed E-state index contributed by atoms with van der Waals surface area (Å²) in [7, 11) is 0. The Morgan fingerprint density at radius 1 is 0.971 bits per heavy atom. The molecule has 12 heteroatoms. The van der Waals surface area contributed by atoms with Crippen LogP contribution in [0.1, 0.15) is 0 Å². The van der Waals surface area contributed by atoms with E-state index in [1.54, 1.807) is 24.3 Å². The van der Waals surface area contributed by atoms with Gasteiger partial charge in [0.25, 0.3) is 0 Å². The molecule has 3 aromatic carbocycles. The number of benzene rings is 3. The first kappa shape index (κ1) is 23.6. The molecule has 0 aliphatic rings. The normalized spacial score (nSPS) is 12.7. The number of aliphatic hydroxyl groups excluding tert-OH is 1. The Hall–Kier alpha value is -4.58. The fraction of sp³-hybridized carbons (Fsp3) is 0.0870. The monoisotopic (exact) mass is 483 g/mol. The van der Waals surface area contributed by atoms with E-state index in [0.29, 0.717) is 22.8 Å². The lowest BCUT2D eigenvalue weighted by Gasteiger charge is -2.12. The topological polar surface area (TPSA) is 123 Å². The van der Waals surface area contributed by atoms with Crippen LogP contribution in [0.2, 0.25) is 0 Å². The Morgan fingerprint density at radius 3 is 2.31 bits per heavy atom. The van der Waals surface area contributed by atoms with Crippen molar-refractivity contribution in [1.29, 1.82) is 0 Å². The van der Waals surface area contributed by atoms with Gasteiger partial charge in [-0.3, -0.25) is 0 Å². The van der Waals surface area contributed by atoms with E-state index in [1.807, 2.05) is 30.3 Å². The van der Waals surface area contributed by atoms with Crippen molar-refractivity contribution in [2.24, 2.45) is 10.7 Å². The van der Waals surface area contributed by atoms with Crippen molar-refractivity contribution in [1.82, 2.24) is 14.8 Å². The Bertz CT molecular complexity index is 1280. The average Bonchev–Trinajstić information content (AvgIpc) is 3.30. The number of aliphatic imine (C=N–C) groups is 1. The molecule has 1 unspecified atom stereocenters. The van der Waals surface area contributed by atoms with E-state index in [2.05, 4.69) is 30.4 Å². The molecule has 0 bridgehead atoms. The maximum Gasteiger partial charge on any atom is 0.573 e. The first-order valence-electron chi connectivity index (χ1n) is 10.2. The fourth-order valence-corrected chi connectivity index (χ4v) is 3.05. The summed E-state index contributed by atoms with van der Waals surface area (Å²) in [6, 6.07) is 21.3. The minimum absolute atomic E-state index is 0.0422. The number of hydrogen-bond acceptors (Lipinski definition) is 6. The number of anilines is 2. The molecular formula is C23H20F3N7O2. The summed E-state index contributed by atoms with van der Waals surface area (Å²) in [6.45, 7) is 0. The molecule has 1 heterocycles. The number of aliphatic hydroxyl groups is 1. The highest BCUT2D eigenvalue weighted by atomic mass is 19.4. The zero-order chi connectivity index (χ0) is 24.8. The third-order valence-electron chi connectivity index (χ3n) is 4.57. The van der Waals surface area contributed by atoms with Gasteiger partial charge in [-0.25, -0.2) is 14.7 Å². The van der Waals surface area contributed by atoms with Gasteiger partial charge in [0.1, 0.15) is 12.1 Å². The van der Waals surface area contributed by atoms with Gasteiger partial charge in [0.15, 0.2) is 11.8 Å². The van der Waals surface area contributed by atoms with Crippen LogP contribution in [0.5, 0.6) is 5.75 Å². The number of halogens is 3. The lowest BCUT2D eigenvalue weighted by molar-refractivity contribution is -0.274. The zero-order valence-electron chi connectivity index (χ0n) is 18.0. The number of nitrogens with zero attached hydrogens (tertiary/aromatic N) is 4. The van der Waals surface area contributed by atoms with E-state index in [9.17, 15) is 18.3 Å². The molecule has 1 atom stereocenters. The number of hydrogen-bond donors (Lipinski definition) is 4. The van der Waals surface area contributed by atoms with Gasteiger partial charge in [-0.2, -0.15) is 0 Å². The molecule has 5 N–H and O–H groups in total. The number of aromatic nitrogens is 3. The number of para-hydroxylation sites is 1. The summed E-state index contributed by atoms with van der Waals surface area (Å²) < 4.78 is 42.2. The van der Waals surface area contributed by atoms with Gasteiger partial charge in [0, 0.05) is 16.9 Å². The van der Waals surface area contributed by atoms with Crippen LogP contribution in [-0.2, 0) is 0 Å². The van der Waals surface area contributed by atoms with E-state index in [1.165, 1.54) is 35.3 Å². The molecule has 9 nitrogen and oxygen atoms in total. The first-order chi connectivity index (χ1) is 16.7. The largest absolute Gasteiger partial charge is 0.573 e. The Morgan fingerprint density at radius 2 is 1.66 bits per heavy atom. The fourth-order valence-electron chi connectivity index (χ4n) is 3.05. The predicted molar refractivity (Wildman–Crippen MR) is 125 cm³/mol. The molecule has 0 saturated carbocycles. The third kappa shape index (κ3) is 6.71. The second-order valence-electron chi connectivity index (χ2n) is 7.16. The molecule has 180 valence electrons. The second kappa shape index (κ2) is 10.1. The summed E-state index contributed by atoms with van der Waals surface area (Å²) in [5.41, 5.74) is 8.33. The van der Waals surface area contributed by atoms with Gasteiger partial charge >= 0.3 is 6.36 Å². The molecule has 0 fully saturated rings. The lowest BCUT2D eigenvalue weighted by atomic mass is 10.2. The van der Waals surface area contributed by atoms with E-state index in [-0.39, 0.29) is 11.7 Å². The van der Waals surface area contributed by atoms with Crippen LogP contribution >= 0.6 is 0 Å². The molecule has 0 radical (unpaired) electrons. The van der Waals surface area contributed by atoms with Gasteiger partial charge in [-0.1, -0.05) is 18.2 Å².